The van der Waals surface area contributed by atoms with E-state index >= 15 is 0 Å². The maximum Gasteiger partial charge on any atom is 1.00 e. The fraction of sp³-hybridized carbons (Fsp3) is 0.962. The van der Waals surface area contributed by atoms with Gasteiger partial charge in [-0.15, -0.1) is 0 Å². The molecule has 11 atom stereocenters. The van der Waals surface area contributed by atoms with E-state index < -0.39 is 28.1 Å². The molecule has 0 aromatic heterocycles. The van der Waals surface area contributed by atoms with Gasteiger partial charge in [-0.2, -0.15) is 0 Å². The van der Waals surface area contributed by atoms with Crippen LogP contribution < -0.4 is 56.7 Å². The van der Waals surface area contributed by atoms with Crippen molar-refractivity contribution in [3.8, 4) is 0 Å². The molecule has 8 nitrogen and oxygen atoms in total. The van der Waals surface area contributed by atoms with E-state index in [9.17, 15) is 33.1 Å². The monoisotopic (exact) mass is 553 g/mol. The van der Waals surface area contributed by atoms with Gasteiger partial charge < -0.3 is 25.2 Å². The Morgan fingerprint density at radius 3 is 2.44 bits per heavy atom. The molecule has 0 aliphatic heterocycles. The van der Waals surface area contributed by atoms with Gasteiger partial charge in [-0.1, -0.05) is 20.8 Å². The van der Waals surface area contributed by atoms with Crippen LogP contribution in [0.25, 0.3) is 0 Å². The van der Waals surface area contributed by atoms with E-state index in [1.807, 2.05) is 0 Å². The van der Waals surface area contributed by atoms with E-state index in [1.54, 1.807) is 0 Å². The Labute approximate surface area is 258 Å². The quantitative estimate of drug-likeness (QED) is 0.234. The van der Waals surface area contributed by atoms with Crippen LogP contribution in [0.15, 0.2) is 0 Å². The molecular formula is C26H44KNO7S. The summed E-state index contributed by atoms with van der Waals surface area (Å²) >= 11 is 0. The minimum atomic E-state index is -4.35. The molecule has 0 saturated heterocycles. The number of aliphatic hydroxyl groups excluding tert-OH is 3. The number of nitrogens with one attached hydrogen (secondary N) is 1. The van der Waals surface area contributed by atoms with E-state index in [0.29, 0.717) is 18.8 Å². The van der Waals surface area contributed by atoms with E-state index in [4.69, 9.17) is 0 Å². The van der Waals surface area contributed by atoms with Crippen molar-refractivity contribution in [3.63, 3.8) is 0 Å². The van der Waals surface area contributed by atoms with E-state index in [1.165, 1.54) is 0 Å². The van der Waals surface area contributed by atoms with Crippen molar-refractivity contribution in [3.05, 3.63) is 0 Å². The summed E-state index contributed by atoms with van der Waals surface area (Å²) in [7, 11) is -4.35. The first kappa shape index (κ1) is 31.4. The summed E-state index contributed by atoms with van der Waals surface area (Å²) in [5.74, 6) is 0.522. The Bertz CT molecular complexity index is 903. The molecule has 4 rings (SSSR count). The zero-order valence-electron chi connectivity index (χ0n) is 22.4. The normalized spacial score (nSPS) is 45.0. The number of carbonyl (C=O) groups is 1. The average Bonchev–Trinajstić information content (AvgIpc) is 3.12. The van der Waals surface area contributed by atoms with Crippen LogP contribution >= 0.6 is 0 Å². The predicted octanol–water partition coefficient (Wildman–Crippen LogP) is -0.970. The first-order valence-electron chi connectivity index (χ1n) is 13.5. The largest absolute Gasteiger partial charge is 1.00 e. The van der Waals surface area contributed by atoms with E-state index in [-0.39, 0.29) is 117 Å². The van der Waals surface area contributed by atoms with Crippen LogP contribution in [0.1, 0.15) is 78.6 Å². The van der Waals surface area contributed by atoms with Crippen LogP contribution in [-0.2, 0) is 14.9 Å². The maximum absolute atomic E-state index is 12.2. The number of hydrogen-bond acceptors (Lipinski definition) is 7. The standard InChI is InChI=1S/C26H45NO7S.K/c1-15(4-7-23(31)27-10-11-35(32,33)34)18-5-6-19-24-20(14-22(30)26(18,19)3)25(2)9-8-17(28)12-16(25)13-21(24)29;/h15-22,24,28-30H,4-14H2,1-3H3,(H,27,31)(H,32,33,34);/q;+1/p-1/t15?,16?,17-,18?,19?,20?,21?,22+,24?,25?,26?;/m1./s1. The number of carbonyl (C=O) groups excluding carboxylic acids is 1. The number of rotatable bonds is 7. The van der Waals surface area contributed by atoms with Crippen LogP contribution in [0.4, 0.5) is 0 Å². The Balaban J connectivity index is 0.00000361. The Morgan fingerprint density at radius 1 is 1.08 bits per heavy atom. The third kappa shape index (κ3) is 5.98. The topological polar surface area (TPSA) is 147 Å². The summed E-state index contributed by atoms with van der Waals surface area (Å²) in [5.41, 5.74) is -0.267. The minimum absolute atomic E-state index is 0. The Hall–Kier alpha value is 0.896. The molecule has 0 aromatic rings. The van der Waals surface area contributed by atoms with Gasteiger partial charge in [0.05, 0.1) is 34.2 Å². The molecule has 4 N–H and O–H groups in total. The molecule has 36 heavy (non-hydrogen) atoms. The van der Waals surface area contributed by atoms with Crippen molar-refractivity contribution >= 4 is 16.0 Å². The van der Waals surface area contributed by atoms with Crippen molar-refractivity contribution in [2.45, 2.75) is 96.9 Å². The SMILES string of the molecule is CC(CCC(=O)NCCS(=O)(=O)[O-])C1CCC2C3C(O)CC4C[C@H](O)CCC4(C)C3C[C@H](O)C12C.[K+]. The van der Waals surface area contributed by atoms with Crippen LogP contribution in [-0.4, -0.2) is 64.8 Å². The van der Waals surface area contributed by atoms with Gasteiger partial charge in [-0.25, -0.2) is 8.42 Å². The first-order valence-corrected chi connectivity index (χ1v) is 15.1. The molecule has 0 bridgehead atoms. The molecule has 4 aliphatic carbocycles. The second-order valence-electron chi connectivity index (χ2n) is 12.7. The molecular weight excluding hydrogens is 509 g/mol. The van der Waals surface area contributed by atoms with Gasteiger partial charge in [0, 0.05) is 13.0 Å². The van der Waals surface area contributed by atoms with Crippen LogP contribution in [0.5, 0.6) is 0 Å². The average molecular weight is 554 g/mol. The van der Waals surface area contributed by atoms with Crippen molar-refractivity contribution < 1.29 is 84.5 Å². The molecule has 0 spiro atoms. The third-order valence-electron chi connectivity index (χ3n) is 11.0. The zero-order chi connectivity index (χ0) is 25.8. The van der Waals surface area contributed by atoms with Gasteiger partial charge in [-0.05, 0) is 97.7 Å². The maximum atomic E-state index is 12.2. The van der Waals surface area contributed by atoms with Gasteiger partial charge in [0.25, 0.3) is 0 Å². The molecule has 10 heteroatoms. The number of aliphatic hydroxyl groups is 3. The van der Waals surface area contributed by atoms with E-state index in [2.05, 4.69) is 26.1 Å². The van der Waals surface area contributed by atoms with Gasteiger partial charge >= 0.3 is 51.4 Å². The summed E-state index contributed by atoms with van der Waals surface area (Å²) in [6.07, 6.45) is 5.58. The summed E-state index contributed by atoms with van der Waals surface area (Å²) < 4.78 is 32.2. The third-order valence-corrected chi connectivity index (χ3v) is 11.7. The molecule has 9 unspecified atom stereocenters. The first-order chi connectivity index (χ1) is 16.3. The van der Waals surface area contributed by atoms with Gasteiger partial charge in [-0.3, -0.25) is 4.79 Å². The summed E-state index contributed by atoms with van der Waals surface area (Å²) in [5, 5.41) is 35.7. The summed E-state index contributed by atoms with van der Waals surface area (Å²) in [4.78, 5) is 12.2. The summed E-state index contributed by atoms with van der Waals surface area (Å²) in [6.45, 7) is 6.48. The molecule has 4 saturated carbocycles. The van der Waals surface area contributed by atoms with Gasteiger partial charge in [0.15, 0.2) is 0 Å². The van der Waals surface area contributed by atoms with E-state index in [0.717, 1.165) is 38.5 Å². The predicted molar refractivity (Wildman–Crippen MR) is 130 cm³/mol. The van der Waals surface area contributed by atoms with Crippen LogP contribution in [0.2, 0.25) is 0 Å². The van der Waals surface area contributed by atoms with Gasteiger partial charge in [0.2, 0.25) is 5.91 Å². The second-order valence-corrected chi connectivity index (χ2v) is 14.2. The molecule has 202 valence electrons. The molecule has 0 radical (unpaired) electrons. The van der Waals surface area contributed by atoms with Crippen molar-refractivity contribution in [1.82, 2.24) is 5.32 Å². The zero-order valence-corrected chi connectivity index (χ0v) is 26.3. The summed E-state index contributed by atoms with van der Waals surface area (Å²) in [6, 6.07) is 0. The van der Waals surface area contributed by atoms with Crippen molar-refractivity contribution in [2.75, 3.05) is 12.3 Å². The molecule has 0 heterocycles. The number of amides is 1. The number of hydrogen-bond donors (Lipinski definition) is 4. The molecule has 4 fully saturated rings. The molecule has 4 aliphatic rings. The second kappa shape index (κ2) is 11.8. The smallest absolute Gasteiger partial charge is 0.748 e. The van der Waals surface area contributed by atoms with Crippen LogP contribution in [0.3, 0.4) is 0 Å². The number of fused-ring (bicyclic) bond motifs is 5. The molecule has 0 aromatic carbocycles. The fourth-order valence-corrected chi connectivity index (χ4v) is 9.45. The van der Waals surface area contributed by atoms with Crippen LogP contribution in [0, 0.1) is 46.3 Å². The van der Waals surface area contributed by atoms with Crippen molar-refractivity contribution in [2.24, 2.45) is 46.3 Å². The Morgan fingerprint density at radius 2 is 1.78 bits per heavy atom. The van der Waals surface area contributed by atoms with Gasteiger partial charge in [0.1, 0.15) is 0 Å². The minimum Gasteiger partial charge on any atom is -0.748 e. The Kier molecular flexibility index (Phi) is 10.3. The van der Waals surface area contributed by atoms with Crippen molar-refractivity contribution in [1.29, 1.82) is 0 Å². The molecule has 1 amide bonds. The fourth-order valence-electron chi connectivity index (χ4n) is 9.10.